The Hall–Kier alpha value is -2.47. The van der Waals surface area contributed by atoms with Crippen molar-refractivity contribution in [3.63, 3.8) is 0 Å². The lowest BCUT2D eigenvalue weighted by Crippen LogP contribution is -2.28. The number of carbonyl (C=O) groups excluding carboxylic acids is 1. The summed E-state index contributed by atoms with van der Waals surface area (Å²) >= 11 is 4.75. The molecule has 0 aliphatic heterocycles. The Labute approximate surface area is 127 Å². The third-order valence-electron chi connectivity index (χ3n) is 2.79. The van der Waals surface area contributed by atoms with Crippen LogP contribution < -0.4 is 16.4 Å². The maximum Gasteiger partial charge on any atom is 0.319 e. The van der Waals surface area contributed by atoms with Gasteiger partial charge in [0.15, 0.2) is 0 Å². The van der Waals surface area contributed by atoms with Crippen molar-refractivity contribution < 1.29 is 9.18 Å². The number of nitrogens with one attached hydrogen (secondary N) is 2. The van der Waals surface area contributed by atoms with E-state index in [1.807, 2.05) is 30.3 Å². The quantitative estimate of drug-likeness (QED) is 0.761. The van der Waals surface area contributed by atoms with Gasteiger partial charge in [0.05, 0.1) is 0 Å². The summed E-state index contributed by atoms with van der Waals surface area (Å²) in [7, 11) is 0. The maximum absolute atomic E-state index is 13.4. The first-order chi connectivity index (χ1) is 10.1. The summed E-state index contributed by atoms with van der Waals surface area (Å²) in [6.07, 6.45) is 0. The van der Waals surface area contributed by atoms with Crippen LogP contribution >= 0.6 is 12.2 Å². The van der Waals surface area contributed by atoms with E-state index in [4.69, 9.17) is 18.0 Å². The number of amides is 2. The smallest absolute Gasteiger partial charge is 0.319 e. The summed E-state index contributed by atoms with van der Waals surface area (Å²) in [5, 5.41) is 5.31. The van der Waals surface area contributed by atoms with Gasteiger partial charge in [-0.3, -0.25) is 0 Å². The zero-order valence-corrected chi connectivity index (χ0v) is 11.9. The zero-order chi connectivity index (χ0) is 15.2. The van der Waals surface area contributed by atoms with Crippen molar-refractivity contribution in [3.8, 4) is 0 Å². The van der Waals surface area contributed by atoms with Gasteiger partial charge in [0.2, 0.25) is 0 Å². The van der Waals surface area contributed by atoms with Gasteiger partial charge in [0, 0.05) is 17.8 Å². The van der Waals surface area contributed by atoms with Crippen molar-refractivity contribution in [1.82, 2.24) is 5.32 Å². The van der Waals surface area contributed by atoms with Crippen LogP contribution in [0, 0.1) is 5.82 Å². The molecular formula is C15H14FN3OS. The largest absolute Gasteiger partial charge is 0.389 e. The number of benzene rings is 2. The van der Waals surface area contributed by atoms with Gasteiger partial charge < -0.3 is 16.4 Å². The molecule has 0 aliphatic carbocycles. The highest BCUT2D eigenvalue weighted by molar-refractivity contribution is 7.80. The average molecular weight is 303 g/mol. The van der Waals surface area contributed by atoms with E-state index in [2.05, 4.69) is 10.6 Å². The van der Waals surface area contributed by atoms with Gasteiger partial charge >= 0.3 is 6.03 Å². The van der Waals surface area contributed by atoms with Gasteiger partial charge in [0.25, 0.3) is 0 Å². The van der Waals surface area contributed by atoms with Crippen LogP contribution in [0.15, 0.2) is 48.5 Å². The second-order valence-electron chi connectivity index (χ2n) is 4.35. The molecule has 0 unspecified atom stereocenters. The van der Waals surface area contributed by atoms with Crippen LogP contribution in [0.4, 0.5) is 14.9 Å². The molecule has 0 saturated carbocycles. The molecule has 0 heterocycles. The number of anilines is 1. The third-order valence-corrected chi connectivity index (χ3v) is 3.01. The third kappa shape index (κ3) is 4.25. The monoisotopic (exact) mass is 303 g/mol. The number of urea groups is 1. The van der Waals surface area contributed by atoms with Crippen LogP contribution in [-0.4, -0.2) is 11.0 Å². The molecule has 6 heteroatoms. The van der Waals surface area contributed by atoms with Gasteiger partial charge in [-0.25, -0.2) is 9.18 Å². The molecule has 4 N–H and O–H groups in total. The molecule has 0 atom stereocenters. The number of carbonyl (C=O) groups is 1. The Bertz CT molecular complexity index is 661. The lowest BCUT2D eigenvalue weighted by Gasteiger charge is -2.09. The average Bonchev–Trinajstić information content (AvgIpc) is 2.48. The van der Waals surface area contributed by atoms with E-state index >= 15 is 0 Å². The van der Waals surface area contributed by atoms with Crippen LogP contribution in [0.3, 0.4) is 0 Å². The van der Waals surface area contributed by atoms with Crippen LogP contribution in [0.1, 0.15) is 11.1 Å². The molecule has 2 aromatic carbocycles. The van der Waals surface area contributed by atoms with Crippen LogP contribution in [0.2, 0.25) is 0 Å². The van der Waals surface area contributed by atoms with E-state index < -0.39 is 5.82 Å². The zero-order valence-electron chi connectivity index (χ0n) is 11.1. The molecule has 2 rings (SSSR count). The number of nitrogens with two attached hydrogens (primary N) is 1. The first kappa shape index (κ1) is 14.9. The van der Waals surface area contributed by atoms with Crippen molar-refractivity contribution in [2.75, 3.05) is 5.32 Å². The molecule has 2 amide bonds. The van der Waals surface area contributed by atoms with E-state index in [9.17, 15) is 9.18 Å². The molecule has 2 aromatic rings. The first-order valence-electron chi connectivity index (χ1n) is 6.24. The summed E-state index contributed by atoms with van der Waals surface area (Å²) in [6, 6.07) is 13.2. The van der Waals surface area contributed by atoms with Gasteiger partial charge in [-0.15, -0.1) is 0 Å². The minimum atomic E-state index is -0.516. The Balaban J connectivity index is 1.97. The summed E-state index contributed by atoms with van der Waals surface area (Å²) in [5.74, 6) is -0.516. The lowest BCUT2D eigenvalue weighted by molar-refractivity contribution is 0.251. The van der Waals surface area contributed by atoms with Crippen LogP contribution in [0.5, 0.6) is 0 Å². The molecule has 0 bridgehead atoms. The fourth-order valence-corrected chi connectivity index (χ4v) is 1.90. The molecular weight excluding hydrogens is 289 g/mol. The van der Waals surface area contributed by atoms with Gasteiger partial charge in [-0.2, -0.15) is 0 Å². The van der Waals surface area contributed by atoms with Crippen LogP contribution in [0.25, 0.3) is 0 Å². The predicted molar refractivity (Wildman–Crippen MR) is 84.6 cm³/mol. The normalized spacial score (nSPS) is 9.95. The highest BCUT2D eigenvalue weighted by Crippen LogP contribution is 2.14. The summed E-state index contributed by atoms with van der Waals surface area (Å²) in [6.45, 7) is 0.399. The summed E-state index contributed by atoms with van der Waals surface area (Å²) in [5.41, 5.74) is 6.92. The molecule has 108 valence electrons. The molecule has 4 nitrogen and oxygen atoms in total. The summed E-state index contributed by atoms with van der Waals surface area (Å²) in [4.78, 5) is 11.7. The fraction of sp³-hybridized carbons (Fsp3) is 0.0667. The highest BCUT2D eigenvalue weighted by atomic mass is 32.1. The SMILES string of the molecule is NC(=S)c1cc(NC(=O)NCc2ccccc2)ccc1F. The molecule has 0 aliphatic rings. The van der Waals surface area contributed by atoms with Crippen molar-refractivity contribution in [1.29, 1.82) is 0 Å². The van der Waals surface area contributed by atoms with Crippen molar-refractivity contribution in [2.24, 2.45) is 5.73 Å². The first-order valence-corrected chi connectivity index (χ1v) is 6.65. The number of hydrogen-bond acceptors (Lipinski definition) is 2. The second kappa shape index (κ2) is 6.81. The Kier molecular flexibility index (Phi) is 4.84. The molecule has 0 spiro atoms. The van der Waals surface area contributed by atoms with E-state index in [0.29, 0.717) is 12.2 Å². The minimum Gasteiger partial charge on any atom is -0.389 e. The molecule has 0 radical (unpaired) electrons. The topological polar surface area (TPSA) is 67.1 Å². The van der Waals surface area contributed by atoms with Gasteiger partial charge in [0.1, 0.15) is 10.8 Å². The molecule has 21 heavy (non-hydrogen) atoms. The highest BCUT2D eigenvalue weighted by Gasteiger charge is 2.08. The molecule has 0 fully saturated rings. The Morgan fingerprint density at radius 2 is 1.90 bits per heavy atom. The van der Waals surface area contributed by atoms with Crippen molar-refractivity contribution >= 4 is 28.9 Å². The lowest BCUT2D eigenvalue weighted by atomic mass is 10.2. The summed E-state index contributed by atoms with van der Waals surface area (Å²) < 4.78 is 13.4. The number of thiocarbonyl (C=S) groups is 1. The number of halogens is 1. The van der Waals surface area contributed by atoms with Crippen molar-refractivity contribution in [3.05, 3.63) is 65.5 Å². The predicted octanol–water partition coefficient (Wildman–Crippen LogP) is 2.78. The Morgan fingerprint density at radius 1 is 1.19 bits per heavy atom. The number of hydrogen-bond donors (Lipinski definition) is 3. The van der Waals surface area contributed by atoms with Crippen LogP contribution in [-0.2, 0) is 6.54 Å². The molecule has 0 saturated heterocycles. The minimum absolute atomic E-state index is 0.0548. The van der Waals surface area contributed by atoms with Crippen molar-refractivity contribution in [2.45, 2.75) is 6.54 Å². The van der Waals surface area contributed by atoms with E-state index in [1.54, 1.807) is 0 Å². The van der Waals surface area contributed by atoms with Gasteiger partial charge in [-0.1, -0.05) is 42.5 Å². The number of rotatable bonds is 4. The molecule has 0 aromatic heterocycles. The Morgan fingerprint density at radius 3 is 2.57 bits per heavy atom. The second-order valence-corrected chi connectivity index (χ2v) is 4.79. The standard InChI is InChI=1S/C15H14FN3OS/c16-13-7-6-11(8-12(13)14(17)21)19-15(20)18-9-10-4-2-1-3-5-10/h1-8H,9H2,(H2,17,21)(H2,18,19,20). The fourth-order valence-electron chi connectivity index (χ4n) is 1.75. The van der Waals surface area contributed by atoms with E-state index in [-0.39, 0.29) is 16.6 Å². The van der Waals surface area contributed by atoms with E-state index in [1.165, 1.54) is 18.2 Å². The van der Waals surface area contributed by atoms with E-state index in [0.717, 1.165) is 5.56 Å². The maximum atomic E-state index is 13.4. The van der Waals surface area contributed by atoms with Gasteiger partial charge in [-0.05, 0) is 23.8 Å².